The molecule has 194 valence electrons. The fourth-order valence-electron chi connectivity index (χ4n) is 3.72. The molecule has 14 heteroatoms. The van der Waals surface area contributed by atoms with Crippen LogP contribution in [0.1, 0.15) is 37.8 Å². The maximum absolute atomic E-state index is 12.9. The lowest BCUT2D eigenvalue weighted by atomic mass is 10.1. The summed E-state index contributed by atoms with van der Waals surface area (Å²) >= 11 is 0. The van der Waals surface area contributed by atoms with Gasteiger partial charge in [-0.1, -0.05) is 6.07 Å². The van der Waals surface area contributed by atoms with Crippen LogP contribution in [0.3, 0.4) is 0 Å². The summed E-state index contributed by atoms with van der Waals surface area (Å²) in [6, 6.07) is 10.00. The van der Waals surface area contributed by atoms with Gasteiger partial charge in [0.05, 0.1) is 11.9 Å². The lowest BCUT2D eigenvalue weighted by Gasteiger charge is -2.18. The van der Waals surface area contributed by atoms with Crippen LogP contribution in [-0.2, 0) is 24.1 Å². The number of hydrogen-bond donors (Lipinski definition) is 3. The summed E-state index contributed by atoms with van der Waals surface area (Å²) < 4.78 is 45.3. The molecule has 0 bridgehead atoms. The molecular formula is C24H18F3N7O4. The molecule has 3 aromatic heterocycles. The standard InChI is InChI=1S/C24H18F3N7O4/c25-24(26,27)19-8-14(3-5-28-19)11-30-23(37)17-9-16(32-20-4-6-31-34(17)20)22(36)29-10-13-1-2-18-15(7-13)33-21(35)12-38-18/h1-9H,10-12H2,(H,29,36)(H,30,37)(H,33,35). The van der Waals surface area contributed by atoms with Crippen LogP contribution < -0.4 is 20.7 Å². The summed E-state index contributed by atoms with van der Waals surface area (Å²) in [4.78, 5) is 44.8. The number of aromatic nitrogens is 4. The SMILES string of the molecule is O=C1COc2ccc(CNC(=O)c3cc(C(=O)NCc4ccnc(C(F)(F)F)c4)n4nccc4n3)cc2N1. The average Bonchev–Trinajstić information content (AvgIpc) is 3.38. The molecule has 1 aliphatic rings. The van der Waals surface area contributed by atoms with Gasteiger partial charge in [-0.2, -0.15) is 18.3 Å². The van der Waals surface area contributed by atoms with Gasteiger partial charge in [0.1, 0.15) is 22.8 Å². The highest BCUT2D eigenvalue weighted by atomic mass is 19.4. The quantitative estimate of drug-likeness (QED) is 0.351. The molecule has 0 unspecified atom stereocenters. The molecule has 11 nitrogen and oxygen atoms in total. The summed E-state index contributed by atoms with van der Waals surface area (Å²) in [5, 5.41) is 12.0. The van der Waals surface area contributed by atoms with Crippen molar-refractivity contribution in [1.29, 1.82) is 0 Å². The van der Waals surface area contributed by atoms with E-state index in [9.17, 15) is 27.6 Å². The van der Waals surface area contributed by atoms with Crippen LogP contribution in [0.5, 0.6) is 5.75 Å². The predicted molar refractivity (Wildman–Crippen MR) is 125 cm³/mol. The van der Waals surface area contributed by atoms with Gasteiger partial charge in [0.25, 0.3) is 17.7 Å². The number of nitrogens with zero attached hydrogens (tertiary/aromatic N) is 4. The van der Waals surface area contributed by atoms with Gasteiger partial charge in [-0.3, -0.25) is 19.4 Å². The second kappa shape index (κ2) is 9.80. The fraction of sp³-hybridized carbons (Fsp3) is 0.167. The van der Waals surface area contributed by atoms with E-state index in [-0.39, 0.29) is 48.2 Å². The van der Waals surface area contributed by atoms with Gasteiger partial charge in [0.2, 0.25) is 0 Å². The Hall–Kier alpha value is -5.01. The first-order valence-electron chi connectivity index (χ1n) is 11.2. The number of carbonyl (C=O) groups is 3. The Bertz CT molecular complexity index is 1570. The van der Waals surface area contributed by atoms with E-state index in [0.717, 1.165) is 12.3 Å². The second-order valence-electron chi connectivity index (χ2n) is 8.21. The Morgan fingerprint density at radius 2 is 1.76 bits per heavy atom. The third kappa shape index (κ3) is 5.23. The Labute approximate surface area is 212 Å². The maximum Gasteiger partial charge on any atom is 0.433 e. The molecule has 0 atom stereocenters. The molecule has 0 saturated carbocycles. The number of benzene rings is 1. The summed E-state index contributed by atoms with van der Waals surface area (Å²) in [7, 11) is 0. The Balaban J connectivity index is 1.30. The molecule has 5 rings (SSSR count). The van der Waals surface area contributed by atoms with E-state index in [1.807, 2.05) is 0 Å². The summed E-state index contributed by atoms with van der Waals surface area (Å²) in [5.41, 5.74) is 0.403. The summed E-state index contributed by atoms with van der Waals surface area (Å²) in [6.45, 7) is -0.187. The minimum Gasteiger partial charge on any atom is -0.482 e. The zero-order valence-corrected chi connectivity index (χ0v) is 19.4. The number of amides is 3. The van der Waals surface area contributed by atoms with E-state index in [4.69, 9.17) is 4.74 Å². The van der Waals surface area contributed by atoms with Crippen molar-refractivity contribution >= 4 is 29.1 Å². The number of nitrogens with one attached hydrogen (secondary N) is 3. The molecule has 1 aromatic carbocycles. The summed E-state index contributed by atoms with van der Waals surface area (Å²) in [5.74, 6) is -1.02. The van der Waals surface area contributed by atoms with E-state index in [1.165, 1.54) is 28.9 Å². The third-order valence-electron chi connectivity index (χ3n) is 5.52. The molecule has 0 fully saturated rings. The van der Waals surface area contributed by atoms with Crippen molar-refractivity contribution in [1.82, 2.24) is 30.2 Å². The van der Waals surface area contributed by atoms with E-state index in [1.54, 1.807) is 18.2 Å². The molecule has 4 heterocycles. The number of fused-ring (bicyclic) bond motifs is 2. The molecule has 4 aromatic rings. The smallest absolute Gasteiger partial charge is 0.433 e. The Kier molecular flexibility index (Phi) is 6.36. The van der Waals surface area contributed by atoms with E-state index in [2.05, 4.69) is 31.0 Å². The van der Waals surface area contributed by atoms with Gasteiger partial charge in [-0.15, -0.1) is 0 Å². The highest BCUT2D eigenvalue weighted by Crippen LogP contribution is 2.29. The zero-order chi connectivity index (χ0) is 26.9. The predicted octanol–water partition coefficient (Wildman–Crippen LogP) is 2.33. The largest absolute Gasteiger partial charge is 0.482 e. The van der Waals surface area contributed by atoms with Crippen molar-refractivity contribution in [2.24, 2.45) is 0 Å². The Morgan fingerprint density at radius 3 is 2.55 bits per heavy atom. The monoisotopic (exact) mass is 525 g/mol. The van der Waals surface area contributed by atoms with E-state index < -0.39 is 23.7 Å². The van der Waals surface area contributed by atoms with Crippen LogP contribution in [0.25, 0.3) is 5.65 Å². The van der Waals surface area contributed by atoms with Gasteiger partial charge in [-0.25, -0.2) is 9.50 Å². The first kappa shape index (κ1) is 24.7. The number of halogens is 3. The molecule has 0 spiro atoms. The number of rotatable bonds is 6. The van der Waals surface area contributed by atoms with Gasteiger partial charge in [0.15, 0.2) is 12.3 Å². The normalized spacial score (nSPS) is 12.9. The minimum atomic E-state index is -4.62. The van der Waals surface area contributed by atoms with Crippen molar-refractivity contribution in [2.45, 2.75) is 19.3 Å². The maximum atomic E-state index is 12.9. The number of anilines is 1. The summed E-state index contributed by atoms with van der Waals surface area (Å²) in [6.07, 6.45) is -2.22. The van der Waals surface area contributed by atoms with Crippen LogP contribution in [0, 0.1) is 0 Å². The van der Waals surface area contributed by atoms with Crippen LogP contribution in [0.4, 0.5) is 18.9 Å². The molecular weight excluding hydrogens is 507 g/mol. The van der Waals surface area contributed by atoms with Crippen molar-refractivity contribution in [3.63, 3.8) is 0 Å². The van der Waals surface area contributed by atoms with Crippen LogP contribution >= 0.6 is 0 Å². The van der Waals surface area contributed by atoms with Gasteiger partial charge in [-0.05, 0) is 35.4 Å². The average molecular weight is 525 g/mol. The molecule has 3 N–H and O–H groups in total. The van der Waals surface area contributed by atoms with Crippen LogP contribution in [0.2, 0.25) is 0 Å². The lowest BCUT2D eigenvalue weighted by Crippen LogP contribution is -2.29. The third-order valence-corrected chi connectivity index (χ3v) is 5.52. The van der Waals surface area contributed by atoms with Crippen molar-refractivity contribution < 1.29 is 32.3 Å². The molecule has 3 amide bonds. The van der Waals surface area contributed by atoms with Gasteiger partial charge >= 0.3 is 6.18 Å². The van der Waals surface area contributed by atoms with E-state index in [0.29, 0.717) is 17.0 Å². The molecule has 38 heavy (non-hydrogen) atoms. The topological polar surface area (TPSA) is 140 Å². The van der Waals surface area contributed by atoms with Crippen molar-refractivity contribution in [2.75, 3.05) is 11.9 Å². The highest BCUT2D eigenvalue weighted by molar-refractivity contribution is 5.98. The number of carbonyl (C=O) groups excluding carboxylic acids is 3. The van der Waals surface area contributed by atoms with Gasteiger partial charge in [0, 0.05) is 31.4 Å². The first-order chi connectivity index (χ1) is 18.2. The van der Waals surface area contributed by atoms with Crippen LogP contribution in [-0.4, -0.2) is 43.9 Å². The number of hydrogen-bond acceptors (Lipinski definition) is 7. The number of ether oxygens (including phenoxy) is 1. The van der Waals surface area contributed by atoms with Crippen molar-refractivity contribution in [3.8, 4) is 5.75 Å². The lowest BCUT2D eigenvalue weighted by molar-refractivity contribution is -0.141. The minimum absolute atomic E-state index is 0.0381. The van der Waals surface area contributed by atoms with E-state index >= 15 is 0 Å². The molecule has 0 saturated heterocycles. The first-order valence-corrected chi connectivity index (χ1v) is 11.2. The molecule has 1 aliphatic heterocycles. The van der Waals surface area contributed by atoms with Gasteiger partial charge < -0.3 is 20.7 Å². The second-order valence-corrected chi connectivity index (χ2v) is 8.21. The molecule has 0 aliphatic carbocycles. The van der Waals surface area contributed by atoms with Crippen LogP contribution in [0.15, 0.2) is 54.9 Å². The Morgan fingerprint density at radius 1 is 1.00 bits per heavy atom. The highest BCUT2D eigenvalue weighted by Gasteiger charge is 2.32. The number of pyridine rings is 1. The molecule has 0 radical (unpaired) electrons. The fourth-order valence-corrected chi connectivity index (χ4v) is 3.72. The zero-order valence-electron chi connectivity index (χ0n) is 19.4. The number of alkyl halides is 3. The van der Waals surface area contributed by atoms with Crippen molar-refractivity contribution in [3.05, 3.63) is 83.1 Å².